The molecule has 0 aliphatic carbocycles. The van der Waals surface area contributed by atoms with E-state index < -0.39 is 0 Å². The normalized spacial score (nSPS) is 10.3. The Bertz CT molecular complexity index is 774. The number of nitrogens with one attached hydrogen (secondary N) is 1. The second-order valence-electron chi connectivity index (χ2n) is 6.12. The number of rotatable bonds is 9. The van der Waals surface area contributed by atoms with Crippen LogP contribution in [0.15, 0.2) is 42.5 Å². The predicted octanol–water partition coefficient (Wildman–Crippen LogP) is 5.01. The molecule has 2 aromatic rings. The molecule has 0 saturated carbocycles. The SMILES string of the molecule is CCCOC(=O)c1ccc(NC(=O)CCCOc2ccc(Cl)cc2C)cc1. The highest BCUT2D eigenvalue weighted by atomic mass is 35.5. The van der Waals surface area contributed by atoms with E-state index in [-0.39, 0.29) is 11.9 Å². The van der Waals surface area contributed by atoms with Crippen LogP contribution in [0.2, 0.25) is 5.02 Å². The van der Waals surface area contributed by atoms with E-state index in [2.05, 4.69) is 5.32 Å². The lowest BCUT2D eigenvalue weighted by atomic mass is 10.2. The Kier molecular flexibility index (Phi) is 8.14. The maximum atomic E-state index is 12.0. The number of carbonyl (C=O) groups is 2. The number of esters is 1. The molecule has 0 unspecified atom stereocenters. The van der Waals surface area contributed by atoms with E-state index in [1.165, 1.54) is 0 Å². The summed E-state index contributed by atoms with van der Waals surface area (Å²) in [5.41, 5.74) is 2.07. The van der Waals surface area contributed by atoms with Crippen molar-refractivity contribution in [2.45, 2.75) is 33.1 Å². The molecule has 1 N–H and O–H groups in total. The van der Waals surface area contributed by atoms with Crippen molar-refractivity contribution in [3.8, 4) is 5.75 Å². The van der Waals surface area contributed by atoms with Crippen LogP contribution in [0.25, 0.3) is 0 Å². The Balaban J connectivity index is 1.73. The Morgan fingerprint density at radius 2 is 1.81 bits per heavy atom. The second kappa shape index (κ2) is 10.6. The molecule has 5 nitrogen and oxygen atoms in total. The van der Waals surface area contributed by atoms with Gasteiger partial charge in [0.05, 0.1) is 18.8 Å². The third kappa shape index (κ3) is 6.94. The molecular formula is C21H24ClNO4. The van der Waals surface area contributed by atoms with Crippen molar-refractivity contribution in [3.05, 3.63) is 58.6 Å². The van der Waals surface area contributed by atoms with Crippen molar-refractivity contribution in [1.82, 2.24) is 0 Å². The van der Waals surface area contributed by atoms with Crippen LogP contribution in [0.3, 0.4) is 0 Å². The third-order valence-electron chi connectivity index (χ3n) is 3.78. The highest BCUT2D eigenvalue weighted by Crippen LogP contribution is 2.22. The number of carbonyl (C=O) groups excluding carboxylic acids is 2. The summed E-state index contributed by atoms with van der Waals surface area (Å²) in [6.45, 7) is 4.70. The Hall–Kier alpha value is -2.53. The number of anilines is 1. The quantitative estimate of drug-likeness (QED) is 0.483. The van der Waals surface area contributed by atoms with Gasteiger partial charge in [-0.25, -0.2) is 4.79 Å². The number of benzene rings is 2. The summed E-state index contributed by atoms with van der Waals surface area (Å²) in [6.07, 6.45) is 1.71. The molecule has 2 aromatic carbocycles. The van der Waals surface area contributed by atoms with Crippen LogP contribution in [-0.2, 0) is 9.53 Å². The number of hydrogen-bond donors (Lipinski definition) is 1. The van der Waals surface area contributed by atoms with Crippen molar-refractivity contribution >= 4 is 29.2 Å². The topological polar surface area (TPSA) is 64.6 Å². The molecule has 2 rings (SSSR count). The standard InChI is InChI=1S/C21H24ClNO4/c1-3-12-27-21(25)16-6-9-18(10-7-16)23-20(24)5-4-13-26-19-11-8-17(22)14-15(19)2/h6-11,14H,3-5,12-13H2,1-2H3,(H,23,24). The average molecular weight is 390 g/mol. The van der Waals surface area contributed by atoms with E-state index in [1.54, 1.807) is 30.3 Å². The molecule has 0 atom stereocenters. The van der Waals surface area contributed by atoms with Crippen LogP contribution in [0.5, 0.6) is 5.75 Å². The first-order valence-corrected chi connectivity index (χ1v) is 9.33. The zero-order valence-electron chi connectivity index (χ0n) is 15.6. The molecule has 6 heteroatoms. The van der Waals surface area contributed by atoms with Gasteiger partial charge in [-0.1, -0.05) is 18.5 Å². The molecule has 144 valence electrons. The summed E-state index contributed by atoms with van der Waals surface area (Å²) in [5, 5.41) is 3.47. The fraction of sp³-hybridized carbons (Fsp3) is 0.333. The first-order chi connectivity index (χ1) is 13.0. The van der Waals surface area contributed by atoms with Gasteiger partial charge in [0.2, 0.25) is 5.91 Å². The predicted molar refractivity (Wildman–Crippen MR) is 107 cm³/mol. The van der Waals surface area contributed by atoms with E-state index in [1.807, 2.05) is 26.0 Å². The first-order valence-electron chi connectivity index (χ1n) is 8.95. The molecule has 0 radical (unpaired) electrons. The highest BCUT2D eigenvalue weighted by Gasteiger charge is 2.08. The minimum atomic E-state index is -0.357. The molecule has 0 spiro atoms. The first kappa shape index (κ1) is 20.8. The van der Waals surface area contributed by atoms with E-state index in [0.29, 0.717) is 42.3 Å². The average Bonchev–Trinajstić information content (AvgIpc) is 2.65. The zero-order valence-corrected chi connectivity index (χ0v) is 16.3. The van der Waals surface area contributed by atoms with Crippen LogP contribution < -0.4 is 10.1 Å². The molecule has 0 saturated heterocycles. The minimum Gasteiger partial charge on any atom is -0.493 e. The van der Waals surface area contributed by atoms with E-state index in [4.69, 9.17) is 21.1 Å². The van der Waals surface area contributed by atoms with Crippen LogP contribution in [0.4, 0.5) is 5.69 Å². The minimum absolute atomic E-state index is 0.104. The molecule has 0 aliphatic heterocycles. The summed E-state index contributed by atoms with van der Waals surface area (Å²) < 4.78 is 10.7. The van der Waals surface area contributed by atoms with Crippen LogP contribution in [0, 0.1) is 6.92 Å². The summed E-state index contributed by atoms with van der Waals surface area (Å²) in [5.74, 6) is 0.308. The van der Waals surface area contributed by atoms with Gasteiger partial charge in [-0.2, -0.15) is 0 Å². The molecular weight excluding hydrogens is 366 g/mol. The van der Waals surface area contributed by atoms with Crippen molar-refractivity contribution in [2.75, 3.05) is 18.5 Å². The maximum absolute atomic E-state index is 12.0. The molecule has 0 aliphatic rings. The van der Waals surface area contributed by atoms with Crippen LogP contribution in [-0.4, -0.2) is 25.1 Å². The van der Waals surface area contributed by atoms with Crippen LogP contribution >= 0.6 is 11.6 Å². The smallest absolute Gasteiger partial charge is 0.338 e. The summed E-state index contributed by atoms with van der Waals surface area (Å²) >= 11 is 5.91. The molecule has 0 fully saturated rings. The zero-order chi connectivity index (χ0) is 19.6. The van der Waals surface area contributed by atoms with Gasteiger partial charge in [0.15, 0.2) is 0 Å². The lowest BCUT2D eigenvalue weighted by Gasteiger charge is -2.10. The molecule has 1 amide bonds. The van der Waals surface area contributed by atoms with Crippen molar-refractivity contribution < 1.29 is 19.1 Å². The molecule has 27 heavy (non-hydrogen) atoms. The number of amides is 1. The van der Waals surface area contributed by atoms with Gasteiger partial charge in [0.1, 0.15) is 5.75 Å². The Morgan fingerprint density at radius 1 is 1.07 bits per heavy atom. The molecule has 0 aromatic heterocycles. The van der Waals surface area contributed by atoms with Gasteiger partial charge in [0, 0.05) is 17.1 Å². The Labute approximate surface area is 164 Å². The maximum Gasteiger partial charge on any atom is 0.338 e. The number of aryl methyl sites for hydroxylation is 1. The number of hydrogen-bond acceptors (Lipinski definition) is 4. The van der Waals surface area contributed by atoms with E-state index in [9.17, 15) is 9.59 Å². The van der Waals surface area contributed by atoms with Crippen molar-refractivity contribution in [1.29, 1.82) is 0 Å². The van der Waals surface area contributed by atoms with Gasteiger partial charge < -0.3 is 14.8 Å². The van der Waals surface area contributed by atoms with E-state index in [0.717, 1.165) is 17.7 Å². The van der Waals surface area contributed by atoms with Gasteiger partial charge >= 0.3 is 5.97 Å². The third-order valence-corrected chi connectivity index (χ3v) is 4.02. The van der Waals surface area contributed by atoms with Gasteiger partial charge in [-0.15, -0.1) is 0 Å². The molecule has 0 heterocycles. The lowest BCUT2D eigenvalue weighted by molar-refractivity contribution is -0.116. The summed E-state index contributed by atoms with van der Waals surface area (Å²) in [7, 11) is 0. The lowest BCUT2D eigenvalue weighted by Crippen LogP contribution is -2.13. The second-order valence-corrected chi connectivity index (χ2v) is 6.56. The van der Waals surface area contributed by atoms with Crippen molar-refractivity contribution in [2.24, 2.45) is 0 Å². The fourth-order valence-corrected chi connectivity index (χ4v) is 2.61. The molecule has 0 bridgehead atoms. The van der Waals surface area contributed by atoms with Crippen LogP contribution in [0.1, 0.15) is 42.1 Å². The fourth-order valence-electron chi connectivity index (χ4n) is 2.38. The number of halogens is 1. The van der Waals surface area contributed by atoms with Gasteiger partial charge in [-0.05, 0) is 67.8 Å². The number of ether oxygens (including phenoxy) is 2. The summed E-state index contributed by atoms with van der Waals surface area (Å²) in [6, 6.07) is 12.1. The van der Waals surface area contributed by atoms with Crippen molar-refractivity contribution in [3.63, 3.8) is 0 Å². The van der Waals surface area contributed by atoms with E-state index >= 15 is 0 Å². The summed E-state index contributed by atoms with van der Waals surface area (Å²) in [4.78, 5) is 23.8. The highest BCUT2D eigenvalue weighted by molar-refractivity contribution is 6.30. The monoisotopic (exact) mass is 389 g/mol. The van der Waals surface area contributed by atoms with Gasteiger partial charge in [-0.3, -0.25) is 4.79 Å². The van der Waals surface area contributed by atoms with Gasteiger partial charge in [0.25, 0.3) is 0 Å². The Morgan fingerprint density at radius 3 is 2.48 bits per heavy atom. The largest absolute Gasteiger partial charge is 0.493 e.